The van der Waals surface area contributed by atoms with Gasteiger partial charge in [0.05, 0.1) is 35.2 Å². The van der Waals surface area contributed by atoms with Gasteiger partial charge in [0.25, 0.3) is 0 Å². The number of benzene rings is 1. The summed E-state index contributed by atoms with van der Waals surface area (Å²) in [6.45, 7) is 10.8. The van der Waals surface area contributed by atoms with Crippen LogP contribution in [0.1, 0.15) is 148 Å². The molecule has 0 aliphatic carbocycles. The maximum Gasteiger partial charge on any atom is 0.240 e. The molecule has 2 atom stereocenters. The van der Waals surface area contributed by atoms with Crippen molar-refractivity contribution in [2.45, 2.75) is 153 Å². The molecule has 17 nitrogen and oxygen atoms in total. The van der Waals surface area contributed by atoms with Crippen LogP contribution in [0.4, 0.5) is 5.82 Å². The van der Waals surface area contributed by atoms with Gasteiger partial charge in [-0.15, -0.1) is 21.5 Å². The molecule has 0 bridgehead atoms. The maximum absolute atomic E-state index is 13.9. The fourth-order valence-corrected chi connectivity index (χ4v) is 12.3. The van der Waals surface area contributed by atoms with Gasteiger partial charge < -0.3 is 35.7 Å². The number of nitrogens with zero attached hydrogens (tertiary/aromatic N) is 10. The number of aromatic amines is 1. The number of nitrogens with one attached hydrogen (secondary N) is 3. The van der Waals surface area contributed by atoms with Crippen LogP contribution in [0.5, 0.6) is 0 Å². The SMILES string of the molecule is Cc1sc(CN2CCCC2c2nnc3n2CCCCC3)nc1CCCNC(=O)CCCCCCCC(=O)N1CCN(CC[C@H](NC(=O)C2(N)CCN(c3ncnc4[nH]ccc34)CC2)c2ccc(Cl)cc2)CC1. The molecule has 0 saturated carbocycles. The number of amides is 3. The summed E-state index contributed by atoms with van der Waals surface area (Å²) in [7, 11) is 0. The Bertz CT molecular complexity index is 2560. The van der Waals surface area contributed by atoms with Crippen molar-refractivity contribution in [3.8, 4) is 0 Å². The van der Waals surface area contributed by atoms with Crippen LogP contribution in [0.25, 0.3) is 11.0 Å². The van der Waals surface area contributed by atoms with E-state index in [4.69, 9.17) is 22.3 Å². The van der Waals surface area contributed by atoms with E-state index in [1.165, 1.54) is 35.6 Å². The van der Waals surface area contributed by atoms with Crippen molar-refractivity contribution in [2.24, 2.45) is 5.73 Å². The number of halogens is 1. The number of aromatic nitrogens is 7. The van der Waals surface area contributed by atoms with Crippen LogP contribution in [-0.2, 0) is 40.3 Å². The number of H-pyrrole nitrogens is 1. The first-order valence-electron chi connectivity index (χ1n) is 26.9. The molecular formula is C53H75ClN14O3S. The van der Waals surface area contributed by atoms with E-state index in [0.717, 1.165) is 137 Å². The van der Waals surface area contributed by atoms with Crippen LogP contribution in [0.3, 0.4) is 0 Å². The monoisotopic (exact) mass is 1020 g/mol. The smallest absolute Gasteiger partial charge is 0.240 e. The second kappa shape index (κ2) is 24.8. The molecule has 1 unspecified atom stereocenters. The van der Waals surface area contributed by atoms with E-state index in [2.05, 4.69) is 62.0 Å². The lowest BCUT2D eigenvalue weighted by Gasteiger charge is -2.39. The zero-order valence-corrected chi connectivity index (χ0v) is 43.8. The van der Waals surface area contributed by atoms with E-state index in [1.54, 1.807) is 17.7 Å². The lowest BCUT2D eigenvalue weighted by molar-refractivity contribution is -0.133. The molecule has 0 spiro atoms. The van der Waals surface area contributed by atoms with Gasteiger partial charge in [0.1, 0.15) is 34.4 Å². The lowest BCUT2D eigenvalue weighted by Crippen LogP contribution is -2.60. The van der Waals surface area contributed by atoms with Crippen molar-refractivity contribution in [3.05, 3.63) is 80.7 Å². The third-order valence-corrected chi connectivity index (χ3v) is 16.8. The number of carbonyl (C=O) groups excluding carboxylic acids is 3. The normalized spacial score (nSPS) is 19.1. The molecule has 388 valence electrons. The number of fused-ring (bicyclic) bond motifs is 2. The quantitative estimate of drug-likeness (QED) is 0.0510. The minimum absolute atomic E-state index is 0.117. The Morgan fingerprint density at radius 3 is 2.50 bits per heavy atom. The number of hydrogen-bond acceptors (Lipinski definition) is 13. The van der Waals surface area contributed by atoms with E-state index in [-0.39, 0.29) is 23.8 Å². The zero-order valence-electron chi connectivity index (χ0n) is 42.3. The molecule has 1 aromatic carbocycles. The average molecular weight is 1020 g/mol. The van der Waals surface area contributed by atoms with Gasteiger partial charge in [0.2, 0.25) is 17.7 Å². The van der Waals surface area contributed by atoms with Crippen molar-refractivity contribution in [1.82, 2.24) is 60.0 Å². The number of carbonyl (C=O) groups is 3. The first kappa shape index (κ1) is 51.9. The highest BCUT2D eigenvalue weighted by Gasteiger charge is 2.40. The highest BCUT2D eigenvalue weighted by Crippen LogP contribution is 2.35. The average Bonchev–Trinajstić information content (AvgIpc) is 4.19. The summed E-state index contributed by atoms with van der Waals surface area (Å²) in [5.41, 5.74) is 8.79. The number of aryl methyl sites for hydroxylation is 3. The molecule has 4 aromatic heterocycles. The molecule has 0 radical (unpaired) electrons. The number of hydrogen-bond donors (Lipinski definition) is 4. The van der Waals surface area contributed by atoms with Crippen LogP contribution >= 0.6 is 22.9 Å². The van der Waals surface area contributed by atoms with Gasteiger partial charge in [0.15, 0.2) is 0 Å². The molecule has 4 aliphatic heterocycles. The molecule has 4 aliphatic rings. The summed E-state index contributed by atoms with van der Waals surface area (Å²) in [6.07, 6.45) is 19.7. The second-order valence-corrected chi connectivity index (χ2v) is 22.3. The van der Waals surface area contributed by atoms with Crippen molar-refractivity contribution in [2.75, 3.05) is 63.8 Å². The van der Waals surface area contributed by atoms with E-state index in [0.29, 0.717) is 75.9 Å². The van der Waals surface area contributed by atoms with Crippen LogP contribution in [0, 0.1) is 6.92 Å². The van der Waals surface area contributed by atoms with Gasteiger partial charge >= 0.3 is 0 Å². The van der Waals surface area contributed by atoms with Crippen molar-refractivity contribution in [3.63, 3.8) is 0 Å². The third-order valence-electron chi connectivity index (χ3n) is 15.6. The van der Waals surface area contributed by atoms with Gasteiger partial charge in [-0.3, -0.25) is 24.2 Å². The number of nitrogens with two attached hydrogens (primary N) is 1. The second-order valence-electron chi connectivity index (χ2n) is 20.6. The van der Waals surface area contributed by atoms with Crippen LogP contribution in [0.2, 0.25) is 5.02 Å². The lowest BCUT2D eigenvalue weighted by atomic mass is 9.87. The molecule has 8 heterocycles. The van der Waals surface area contributed by atoms with Crippen molar-refractivity contribution in [1.29, 1.82) is 0 Å². The van der Waals surface area contributed by atoms with E-state index in [9.17, 15) is 14.4 Å². The summed E-state index contributed by atoms with van der Waals surface area (Å²) < 4.78 is 2.40. The first-order chi connectivity index (χ1) is 35.1. The summed E-state index contributed by atoms with van der Waals surface area (Å²) in [5, 5.41) is 18.5. The molecule has 72 heavy (non-hydrogen) atoms. The number of rotatable bonds is 22. The standard InChI is InChI=1S/C53H75ClN14O3S/c1-38-42(60-47(72-38)36-67-27-11-13-44(67)51-63-62-45-14-6-5-9-28-68(45)51)12-10-25-56-46(69)15-7-3-2-4-8-16-48(70)65-34-32-64(33-35-65)29-22-43(39-17-19-40(54)20-18-39)61-52(71)53(55)23-30-66(31-24-53)50-41-21-26-57-49(41)58-37-59-50/h17-21,26,37,43-44H,2-16,22-25,27-36,55H2,1H3,(H,56,69)(H,61,71)(H,57,58,59)/t43-,44?/m0/s1. The zero-order chi connectivity index (χ0) is 49.9. The van der Waals surface area contributed by atoms with Crippen molar-refractivity contribution < 1.29 is 14.4 Å². The minimum Gasteiger partial charge on any atom is -0.356 e. The summed E-state index contributed by atoms with van der Waals surface area (Å²) >= 11 is 8.06. The Kier molecular flexibility index (Phi) is 17.9. The fraction of sp³-hybridized carbons (Fsp3) is 0.623. The Balaban J connectivity index is 0.617. The van der Waals surface area contributed by atoms with Crippen LogP contribution < -0.4 is 21.3 Å². The Labute approximate surface area is 433 Å². The number of piperidine rings is 1. The predicted molar refractivity (Wildman–Crippen MR) is 283 cm³/mol. The fourth-order valence-electron chi connectivity index (χ4n) is 11.2. The van der Waals surface area contributed by atoms with Gasteiger partial charge in [-0.1, -0.05) is 49.4 Å². The molecule has 3 saturated heterocycles. The summed E-state index contributed by atoms with van der Waals surface area (Å²) in [6, 6.07) is 9.73. The van der Waals surface area contributed by atoms with Crippen LogP contribution in [0.15, 0.2) is 42.9 Å². The van der Waals surface area contributed by atoms with Gasteiger partial charge in [-0.2, -0.15) is 0 Å². The predicted octanol–water partition coefficient (Wildman–Crippen LogP) is 7.20. The number of unbranched alkanes of at least 4 members (excludes halogenated alkanes) is 4. The number of thiazole rings is 1. The van der Waals surface area contributed by atoms with E-state index in [1.807, 2.05) is 41.4 Å². The van der Waals surface area contributed by atoms with E-state index >= 15 is 0 Å². The van der Waals surface area contributed by atoms with Gasteiger partial charge in [0, 0.05) is 94.3 Å². The third kappa shape index (κ3) is 13.2. The van der Waals surface area contributed by atoms with Crippen molar-refractivity contribution >= 4 is 57.5 Å². The number of anilines is 1. The first-order valence-corrected chi connectivity index (χ1v) is 28.1. The molecule has 5 N–H and O–H groups in total. The van der Waals surface area contributed by atoms with Gasteiger partial charge in [-0.25, -0.2) is 15.0 Å². The Morgan fingerprint density at radius 2 is 1.68 bits per heavy atom. The highest BCUT2D eigenvalue weighted by atomic mass is 35.5. The Morgan fingerprint density at radius 1 is 0.889 bits per heavy atom. The van der Waals surface area contributed by atoms with Gasteiger partial charge in [-0.05, 0) is 108 Å². The summed E-state index contributed by atoms with van der Waals surface area (Å²) in [4.78, 5) is 67.2. The molecule has 3 fully saturated rings. The Hall–Kier alpha value is -5.01. The summed E-state index contributed by atoms with van der Waals surface area (Å²) in [5.74, 6) is 3.36. The molecule has 19 heteroatoms. The largest absolute Gasteiger partial charge is 0.356 e. The number of likely N-dealkylation sites (tertiary alicyclic amines) is 1. The number of piperazine rings is 1. The van der Waals surface area contributed by atoms with E-state index < -0.39 is 5.54 Å². The molecule has 5 aromatic rings. The molecule has 3 amide bonds. The molecular weight excluding hydrogens is 948 g/mol. The maximum atomic E-state index is 13.9. The minimum atomic E-state index is -0.998. The van der Waals surface area contributed by atoms with Crippen LogP contribution in [-0.4, -0.2) is 132 Å². The molecule has 9 rings (SSSR count). The topological polar surface area (TPSA) is 199 Å². The highest BCUT2D eigenvalue weighted by molar-refractivity contribution is 7.11.